The van der Waals surface area contributed by atoms with Gasteiger partial charge in [0.1, 0.15) is 11.2 Å². The smallest absolute Gasteiger partial charge is 0.317 e. The van der Waals surface area contributed by atoms with Gasteiger partial charge in [0.2, 0.25) is 0 Å². The molecule has 2 saturated heterocycles. The van der Waals surface area contributed by atoms with Gasteiger partial charge in [-0.05, 0) is 26.2 Å². The van der Waals surface area contributed by atoms with Gasteiger partial charge < -0.3 is 20.1 Å². The Hall–Kier alpha value is -2.84. The third kappa shape index (κ3) is 2.93. The molecule has 0 aromatic carbocycles. The molecule has 0 saturated carbocycles. The standard InChI is InChI=1S/C17H22N6O3/c1-11-9-14-19-15(24)13(10-23(14)20-11)16(25)21-7-3-12(4-8-21)22-6-2-5-18-17(22)26/h9-10,12H,2-8H2,1H3,(H,18,26)(H,19,24). The second-order valence-electron chi connectivity index (χ2n) is 6.91. The first-order chi connectivity index (χ1) is 12.5. The lowest BCUT2D eigenvalue weighted by Gasteiger charge is -2.40. The third-order valence-electron chi connectivity index (χ3n) is 5.13. The Morgan fingerprint density at radius 2 is 2.00 bits per heavy atom. The van der Waals surface area contributed by atoms with Gasteiger partial charge in [0.25, 0.3) is 11.5 Å². The predicted octanol–water partition coefficient (Wildman–Crippen LogP) is 0.351. The zero-order valence-electron chi connectivity index (χ0n) is 14.7. The van der Waals surface area contributed by atoms with Crippen molar-refractivity contribution in [1.29, 1.82) is 0 Å². The van der Waals surface area contributed by atoms with Crippen LogP contribution in [-0.2, 0) is 0 Å². The van der Waals surface area contributed by atoms with Crippen LogP contribution >= 0.6 is 0 Å². The molecule has 2 aromatic heterocycles. The van der Waals surface area contributed by atoms with E-state index in [1.165, 1.54) is 10.7 Å². The van der Waals surface area contributed by atoms with Crippen molar-refractivity contribution < 1.29 is 9.59 Å². The predicted molar refractivity (Wildman–Crippen MR) is 94.2 cm³/mol. The Morgan fingerprint density at radius 1 is 1.23 bits per heavy atom. The van der Waals surface area contributed by atoms with Gasteiger partial charge >= 0.3 is 6.03 Å². The number of likely N-dealkylation sites (tertiary alicyclic amines) is 1. The summed E-state index contributed by atoms with van der Waals surface area (Å²) >= 11 is 0. The zero-order valence-corrected chi connectivity index (χ0v) is 14.7. The van der Waals surface area contributed by atoms with Crippen molar-refractivity contribution in [2.24, 2.45) is 0 Å². The van der Waals surface area contributed by atoms with Gasteiger partial charge in [0.15, 0.2) is 0 Å². The van der Waals surface area contributed by atoms with Crippen LogP contribution in [0.15, 0.2) is 17.1 Å². The van der Waals surface area contributed by atoms with Crippen LogP contribution in [0.1, 0.15) is 35.3 Å². The SMILES string of the molecule is Cc1cc2[nH]c(=O)c(C(=O)N3CCC(N4CCCNC4=O)CC3)cn2n1. The monoisotopic (exact) mass is 358 g/mol. The number of carbonyl (C=O) groups is 2. The van der Waals surface area contributed by atoms with Crippen molar-refractivity contribution in [3.8, 4) is 0 Å². The van der Waals surface area contributed by atoms with Crippen LogP contribution in [-0.4, -0.2) is 68.6 Å². The summed E-state index contributed by atoms with van der Waals surface area (Å²) in [7, 11) is 0. The van der Waals surface area contributed by atoms with Gasteiger partial charge in [-0.25, -0.2) is 9.31 Å². The summed E-state index contributed by atoms with van der Waals surface area (Å²) in [6, 6.07) is 1.89. The maximum atomic E-state index is 12.8. The largest absolute Gasteiger partial charge is 0.338 e. The molecule has 0 aliphatic carbocycles. The van der Waals surface area contributed by atoms with Crippen molar-refractivity contribution in [3.63, 3.8) is 0 Å². The molecule has 138 valence electrons. The molecule has 9 nitrogen and oxygen atoms in total. The molecular formula is C17H22N6O3. The fourth-order valence-electron chi connectivity index (χ4n) is 3.77. The summed E-state index contributed by atoms with van der Waals surface area (Å²) in [6.45, 7) is 4.38. The fraction of sp³-hybridized carbons (Fsp3) is 0.529. The molecule has 2 aliphatic rings. The number of nitrogens with one attached hydrogen (secondary N) is 2. The lowest BCUT2D eigenvalue weighted by molar-refractivity contribution is 0.0640. The van der Waals surface area contributed by atoms with E-state index in [1.807, 2.05) is 11.8 Å². The quantitative estimate of drug-likeness (QED) is 0.808. The third-order valence-corrected chi connectivity index (χ3v) is 5.13. The number of aromatic nitrogens is 3. The number of hydrogen-bond acceptors (Lipinski definition) is 4. The molecule has 26 heavy (non-hydrogen) atoms. The Labute approximate surface area is 150 Å². The van der Waals surface area contributed by atoms with Crippen LogP contribution in [0.4, 0.5) is 4.79 Å². The Morgan fingerprint density at radius 3 is 2.73 bits per heavy atom. The van der Waals surface area contributed by atoms with Crippen LogP contribution < -0.4 is 10.9 Å². The summed E-state index contributed by atoms with van der Waals surface area (Å²) in [5.41, 5.74) is 1.03. The minimum atomic E-state index is -0.403. The average Bonchev–Trinajstić information content (AvgIpc) is 3.00. The van der Waals surface area contributed by atoms with Gasteiger partial charge in [-0.15, -0.1) is 0 Å². The average molecular weight is 358 g/mol. The van der Waals surface area contributed by atoms with Gasteiger partial charge in [0, 0.05) is 44.5 Å². The number of nitrogens with zero attached hydrogens (tertiary/aromatic N) is 4. The van der Waals surface area contributed by atoms with Gasteiger partial charge in [-0.1, -0.05) is 0 Å². The van der Waals surface area contributed by atoms with E-state index in [4.69, 9.17) is 0 Å². The summed E-state index contributed by atoms with van der Waals surface area (Å²) in [5, 5.41) is 7.12. The molecule has 4 heterocycles. The van der Waals surface area contributed by atoms with Crippen LogP contribution in [0, 0.1) is 6.92 Å². The number of urea groups is 1. The summed E-state index contributed by atoms with van der Waals surface area (Å²) in [4.78, 5) is 43.3. The highest BCUT2D eigenvalue weighted by Gasteiger charge is 2.31. The van der Waals surface area contributed by atoms with E-state index in [9.17, 15) is 14.4 Å². The lowest BCUT2D eigenvalue weighted by atomic mass is 10.0. The Kier molecular flexibility index (Phi) is 4.14. The van der Waals surface area contributed by atoms with E-state index in [0.29, 0.717) is 18.7 Å². The highest BCUT2D eigenvalue weighted by Crippen LogP contribution is 2.19. The first kappa shape index (κ1) is 16.6. The minimum Gasteiger partial charge on any atom is -0.338 e. The van der Waals surface area contributed by atoms with Crippen molar-refractivity contribution in [2.45, 2.75) is 32.2 Å². The number of fused-ring (bicyclic) bond motifs is 1. The number of H-pyrrole nitrogens is 1. The van der Waals surface area contributed by atoms with E-state index in [1.54, 1.807) is 11.0 Å². The number of piperidine rings is 1. The molecule has 0 atom stereocenters. The van der Waals surface area contributed by atoms with E-state index >= 15 is 0 Å². The van der Waals surface area contributed by atoms with Crippen molar-refractivity contribution >= 4 is 17.6 Å². The maximum absolute atomic E-state index is 12.8. The van der Waals surface area contributed by atoms with Crippen LogP contribution in [0.25, 0.3) is 5.65 Å². The number of hydrogen-bond donors (Lipinski definition) is 2. The van der Waals surface area contributed by atoms with Gasteiger partial charge in [-0.3, -0.25) is 9.59 Å². The number of amides is 3. The first-order valence-corrected chi connectivity index (χ1v) is 8.96. The number of carbonyl (C=O) groups excluding carboxylic acids is 2. The molecular weight excluding hydrogens is 336 g/mol. The van der Waals surface area contributed by atoms with Crippen molar-refractivity contribution in [3.05, 3.63) is 33.9 Å². The molecule has 2 aliphatic heterocycles. The minimum absolute atomic E-state index is 0.0167. The van der Waals surface area contributed by atoms with E-state index in [0.717, 1.165) is 38.0 Å². The fourth-order valence-corrected chi connectivity index (χ4v) is 3.77. The molecule has 3 amide bonds. The lowest BCUT2D eigenvalue weighted by Crippen LogP contribution is -2.55. The molecule has 0 spiro atoms. The van der Waals surface area contributed by atoms with Crippen molar-refractivity contribution in [2.75, 3.05) is 26.2 Å². The number of aromatic amines is 1. The van der Waals surface area contributed by atoms with Crippen LogP contribution in [0.2, 0.25) is 0 Å². The Balaban J connectivity index is 1.47. The molecule has 2 aromatic rings. The zero-order chi connectivity index (χ0) is 18.3. The second-order valence-corrected chi connectivity index (χ2v) is 6.91. The van der Waals surface area contributed by atoms with E-state index in [-0.39, 0.29) is 23.5 Å². The molecule has 2 fully saturated rings. The summed E-state index contributed by atoms with van der Waals surface area (Å²) in [5.74, 6) is -0.289. The highest BCUT2D eigenvalue weighted by molar-refractivity contribution is 5.93. The van der Waals surface area contributed by atoms with Gasteiger partial charge in [0.05, 0.1) is 5.69 Å². The molecule has 0 bridgehead atoms. The topological polar surface area (TPSA) is 103 Å². The molecule has 0 radical (unpaired) electrons. The van der Waals surface area contributed by atoms with Crippen molar-refractivity contribution in [1.82, 2.24) is 29.7 Å². The Bertz CT molecular complexity index is 909. The summed E-state index contributed by atoms with van der Waals surface area (Å²) < 4.78 is 1.52. The molecule has 9 heteroatoms. The molecule has 2 N–H and O–H groups in total. The summed E-state index contributed by atoms with van der Waals surface area (Å²) in [6.07, 6.45) is 3.89. The normalized spacial score (nSPS) is 19.0. The van der Waals surface area contributed by atoms with Gasteiger partial charge in [-0.2, -0.15) is 5.10 Å². The van der Waals surface area contributed by atoms with E-state index in [2.05, 4.69) is 15.4 Å². The first-order valence-electron chi connectivity index (χ1n) is 8.96. The highest BCUT2D eigenvalue weighted by atomic mass is 16.2. The number of aryl methyl sites for hydroxylation is 1. The molecule has 0 unspecified atom stereocenters. The maximum Gasteiger partial charge on any atom is 0.317 e. The number of rotatable bonds is 2. The molecule has 4 rings (SSSR count). The second kappa shape index (κ2) is 6.47. The van der Waals surface area contributed by atoms with E-state index < -0.39 is 5.56 Å². The van der Waals surface area contributed by atoms with Crippen LogP contribution in [0.5, 0.6) is 0 Å². The van der Waals surface area contributed by atoms with Crippen LogP contribution in [0.3, 0.4) is 0 Å².